The van der Waals surface area contributed by atoms with Gasteiger partial charge in [-0.1, -0.05) is 17.7 Å². The summed E-state index contributed by atoms with van der Waals surface area (Å²) in [4.78, 5) is 19.0. The van der Waals surface area contributed by atoms with Gasteiger partial charge in [0.25, 0.3) is 0 Å². The zero-order valence-corrected chi connectivity index (χ0v) is 11.1. The van der Waals surface area contributed by atoms with Crippen molar-refractivity contribution in [3.63, 3.8) is 0 Å². The van der Waals surface area contributed by atoms with Gasteiger partial charge in [-0.05, 0) is 6.92 Å². The molecule has 17 heavy (non-hydrogen) atoms. The molecule has 0 radical (unpaired) electrons. The fourth-order valence-electron chi connectivity index (χ4n) is 1.19. The van der Waals surface area contributed by atoms with Gasteiger partial charge in [0.1, 0.15) is 16.8 Å². The molecule has 1 aromatic heterocycles. The summed E-state index contributed by atoms with van der Waals surface area (Å²) >= 11 is 7.61. The van der Waals surface area contributed by atoms with E-state index in [1.54, 1.807) is 18.7 Å². The van der Waals surface area contributed by atoms with Crippen LogP contribution < -0.4 is 5.32 Å². The van der Waals surface area contributed by atoms with Gasteiger partial charge in [0, 0.05) is 18.1 Å². The van der Waals surface area contributed by atoms with Crippen molar-refractivity contribution in [2.45, 2.75) is 6.92 Å². The summed E-state index contributed by atoms with van der Waals surface area (Å²) < 4.78 is 0. The highest BCUT2D eigenvalue weighted by molar-refractivity contribution is 7.99. The third-order valence-corrected chi connectivity index (χ3v) is 3.16. The molecule has 1 N–H and O–H groups in total. The molecule has 0 fully saturated rings. The number of anilines is 1. The Labute approximate surface area is 110 Å². The Balaban J connectivity index is 2.63. The maximum absolute atomic E-state index is 10.9. The number of hydrogen-bond acceptors (Lipinski definition) is 5. The predicted octanol–water partition coefficient (Wildman–Crippen LogP) is 2.58. The summed E-state index contributed by atoms with van der Waals surface area (Å²) in [5.74, 6) is 2.86. The molecule has 0 aromatic carbocycles. The van der Waals surface area contributed by atoms with Crippen molar-refractivity contribution in [2.24, 2.45) is 0 Å². The van der Waals surface area contributed by atoms with E-state index in [4.69, 9.17) is 11.6 Å². The molecule has 0 amide bonds. The molecule has 92 valence electrons. The minimum absolute atomic E-state index is 0.189. The van der Waals surface area contributed by atoms with Crippen LogP contribution in [0.4, 0.5) is 5.82 Å². The van der Waals surface area contributed by atoms with E-state index >= 15 is 0 Å². The van der Waals surface area contributed by atoms with Crippen LogP contribution in [0, 0.1) is 6.92 Å². The zero-order chi connectivity index (χ0) is 12.7. The Morgan fingerprint density at radius 3 is 2.94 bits per heavy atom. The van der Waals surface area contributed by atoms with E-state index in [-0.39, 0.29) is 5.15 Å². The predicted molar refractivity (Wildman–Crippen MR) is 73.2 cm³/mol. The summed E-state index contributed by atoms with van der Waals surface area (Å²) in [5, 5.41) is 3.27. The van der Waals surface area contributed by atoms with Crippen molar-refractivity contribution < 1.29 is 4.79 Å². The van der Waals surface area contributed by atoms with Gasteiger partial charge >= 0.3 is 0 Å². The summed E-state index contributed by atoms with van der Waals surface area (Å²) in [6.45, 7) is 6.09. The minimum Gasteiger partial charge on any atom is -0.368 e. The SMILES string of the molecule is C=CCSCCNc1nc(C)nc(Cl)c1C=O. The van der Waals surface area contributed by atoms with Crippen LogP contribution >= 0.6 is 23.4 Å². The summed E-state index contributed by atoms with van der Waals surface area (Å²) in [5.41, 5.74) is 0.311. The number of aromatic nitrogens is 2. The van der Waals surface area contributed by atoms with Crippen molar-refractivity contribution in [3.05, 3.63) is 29.2 Å². The van der Waals surface area contributed by atoms with Gasteiger partial charge in [-0.3, -0.25) is 4.79 Å². The van der Waals surface area contributed by atoms with Crippen LogP contribution in [-0.4, -0.2) is 34.3 Å². The largest absolute Gasteiger partial charge is 0.368 e. The number of nitrogens with zero attached hydrogens (tertiary/aromatic N) is 2. The van der Waals surface area contributed by atoms with Gasteiger partial charge in [0.2, 0.25) is 0 Å². The number of nitrogens with one attached hydrogen (secondary N) is 1. The summed E-state index contributed by atoms with van der Waals surface area (Å²) in [6.07, 6.45) is 2.52. The second-order valence-electron chi connectivity index (χ2n) is 3.23. The summed E-state index contributed by atoms with van der Waals surface area (Å²) in [7, 11) is 0. The first-order valence-corrected chi connectivity index (χ1v) is 6.64. The van der Waals surface area contributed by atoms with Crippen molar-refractivity contribution in [1.29, 1.82) is 0 Å². The number of aldehydes is 1. The Bertz CT molecular complexity index is 412. The third kappa shape index (κ3) is 4.36. The number of carbonyl (C=O) groups excluding carboxylic acids is 1. The lowest BCUT2D eigenvalue weighted by Gasteiger charge is -2.08. The van der Waals surface area contributed by atoms with E-state index in [0.717, 1.165) is 11.5 Å². The molecule has 0 unspecified atom stereocenters. The molecular formula is C11H14ClN3OS. The highest BCUT2D eigenvalue weighted by Gasteiger charge is 2.10. The standard InChI is InChI=1S/C11H14ClN3OS/c1-3-5-17-6-4-13-11-9(7-16)10(12)14-8(2)15-11/h3,7H,1,4-6H2,2H3,(H,13,14,15). The average molecular weight is 272 g/mol. The van der Waals surface area contributed by atoms with Crippen LogP contribution in [0.3, 0.4) is 0 Å². The maximum atomic E-state index is 10.9. The van der Waals surface area contributed by atoms with Gasteiger partial charge in [-0.25, -0.2) is 9.97 Å². The van der Waals surface area contributed by atoms with Gasteiger partial charge in [-0.15, -0.1) is 6.58 Å². The third-order valence-electron chi connectivity index (χ3n) is 1.90. The molecule has 0 bridgehead atoms. The van der Waals surface area contributed by atoms with Crippen LogP contribution in [0.25, 0.3) is 0 Å². The topological polar surface area (TPSA) is 54.9 Å². The Kier molecular flexibility index (Phi) is 6.00. The van der Waals surface area contributed by atoms with E-state index in [2.05, 4.69) is 21.9 Å². The molecule has 0 spiro atoms. The molecule has 0 saturated carbocycles. The molecule has 0 atom stereocenters. The Morgan fingerprint density at radius 2 is 2.29 bits per heavy atom. The van der Waals surface area contributed by atoms with Gasteiger partial charge < -0.3 is 5.32 Å². The van der Waals surface area contributed by atoms with Crippen LogP contribution in [0.15, 0.2) is 12.7 Å². The Morgan fingerprint density at radius 1 is 1.53 bits per heavy atom. The van der Waals surface area contributed by atoms with Gasteiger partial charge in [-0.2, -0.15) is 11.8 Å². The maximum Gasteiger partial charge on any atom is 0.156 e. The second kappa shape index (κ2) is 7.29. The molecule has 6 heteroatoms. The molecule has 0 aliphatic heterocycles. The number of thioether (sulfide) groups is 1. The van der Waals surface area contributed by atoms with Gasteiger partial charge in [0.05, 0.1) is 5.56 Å². The first-order chi connectivity index (χ1) is 8.19. The fourth-order valence-corrected chi connectivity index (χ4v) is 2.03. The Hall–Kier alpha value is -1.07. The molecule has 1 heterocycles. The lowest BCUT2D eigenvalue weighted by Crippen LogP contribution is -2.10. The minimum atomic E-state index is 0.189. The van der Waals surface area contributed by atoms with Crippen LogP contribution in [0.1, 0.15) is 16.2 Å². The van der Waals surface area contributed by atoms with Crippen molar-refractivity contribution in [1.82, 2.24) is 9.97 Å². The highest BCUT2D eigenvalue weighted by Crippen LogP contribution is 2.18. The number of rotatable bonds is 7. The number of hydrogen-bond donors (Lipinski definition) is 1. The molecule has 4 nitrogen and oxygen atoms in total. The first kappa shape index (κ1) is 14.0. The summed E-state index contributed by atoms with van der Waals surface area (Å²) in [6, 6.07) is 0. The molecule has 0 aliphatic rings. The van der Waals surface area contributed by atoms with Crippen LogP contribution in [0.5, 0.6) is 0 Å². The number of aryl methyl sites for hydroxylation is 1. The smallest absolute Gasteiger partial charge is 0.156 e. The normalized spacial score (nSPS) is 10.0. The van der Waals surface area contributed by atoms with E-state index in [0.29, 0.717) is 30.0 Å². The lowest BCUT2D eigenvalue weighted by atomic mass is 10.3. The molecule has 1 rings (SSSR count). The molecule has 1 aromatic rings. The average Bonchev–Trinajstić information content (AvgIpc) is 2.28. The molecular weight excluding hydrogens is 258 g/mol. The fraction of sp³-hybridized carbons (Fsp3) is 0.364. The second-order valence-corrected chi connectivity index (χ2v) is 4.74. The van der Waals surface area contributed by atoms with Gasteiger partial charge in [0.15, 0.2) is 6.29 Å². The van der Waals surface area contributed by atoms with E-state index in [9.17, 15) is 4.79 Å². The van der Waals surface area contributed by atoms with E-state index in [1.165, 1.54) is 0 Å². The van der Waals surface area contributed by atoms with E-state index in [1.807, 2.05) is 6.08 Å². The van der Waals surface area contributed by atoms with Crippen LogP contribution in [0.2, 0.25) is 5.15 Å². The number of halogens is 1. The van der Waals surface area contributed by atoms with Crippen LogP contribution in [-0.2, 0) is 0 Å². The van der Waals surface area contributed by atoms with E-state index < -0.39 is 0 Å². The van der Waals surface area contributed by atoms with Crippen molar-refractivity contribution in [2.75, 3.05) is 23.4 Å². The first-order valence-electron chi connectivity index (χ1n) is 5.11. The lowest BCUT2D eigenvalue weighted by molar-refractivity contribution is 0.112. The number of carbonyl (C=O) groups is 1. The van der Waals surface area contributed by atoms with Crippen molar-refractivity contribution in [3.8, 4) is 0 Å². The monoisotopic (exact) mass is 271 g/mol. The quantitative estimate of drug-likeness (QED) is 0.358. The molecule has 0 saturated heterocycles. The van der Waals surface area contributed by atoms with Crippen molar-refractivity contribution >= 4 is 35.5 Å². The zero-order valence-electron chi connectivity index (χ0n) is 9.57. The molecule has 0 aliphatic carbocycles. The highest BCUT2D eigenvalue weighted by atomic mass is 35.5.